The van der Waals surface area contributed by atoms with Crippen LogP contribution in [0.5, 0.6) is 0 Å². The summed E-state index contributed by atoms with van der Waals surface area (Å²) in [4.78, 5) is 0. The lowest BCUT2D eigenvalue weighted by molar-refractivity contribution is 0.628. The minimum absolute atomic E-state index is 0.0548. The summed E-state index contributed by atoms with van der Waals surface area (Å²) >= 11 is 0. The van der Waals surface area contributed by atoms with Crippen molar-refractivity contribution in [3.63, 3.8) is 0 Å². The van der Waals surface area contributed by atoms with Gasteiger partial charge in [-0.3, -0.25) is 0 Å². The molecule has 0 radical (unpaired) electrons. The van der Waals surface area contributed by atoms with Crippen molar-refractivity contribution in [3.05, 3.63) is 204 Å². The molecule has 8 aromatic carbocycles. The maximum atomic E-state index is 2.47. The highest BCUT2D eigenvalue weighted by Crippen LogP contribution is 2.50. The third-order valence-corrected chi connectivity index (χ3v) is 12.9. The van der Waals surface area contributed by atoms with Gasteiger partial charge in [-0.1, -0.05) is 159 Å². The van der Waals surface area contributed by atoms with E-state index in [1.165, 1.54) is 99.5 Å². The van der Waals surface area contributed by atoms with E-state index in [0.29, 0.717) is 5.92 Å². The molecule has 2 aliphatic carbocycles. The predicted molar refractivity (Wildman–Crippen MR) is 238 cm³/mol. The van der Waals surface area contributed by atoms with Crippen molar-refractivity contribution in [2.75, 3.05) is 0 Å². The first-order valence-electron chi connectivity index (χ1n) is 20.2. The summed E-state index contributed by atoms with van der Waals surface area (Å²) in [5, 5.41) is 5.25. The molecule has 9 aromatic rings. The van der Waals surface area contributed by atoms with Crippen LogP contribution in [0.25, 0.3) is 77.7 Å². The minimum Gasteiger partial charge on any atom is -0.309 e. The fraction of sp³-hybridized carbons (Fsp3) is 0.127. The molecule has 2 aliphatic rings. The lowest BCUT2D eigenvalue weighted by Crippen LogP contribution is -2.15. The molecule has 1 aromatic heterocycles. The molecule has 11 rings (SSSR count). The zero-order valence-corrected chi connectivity index (χ0v) is 32.0. The lowest BCUT2D eigenvalue weighted by Gasteiger charge is -2.23. The van der Waals surface area contributed by atoms with Crippen molar-refractivity contribution in [1.82, 2.24) is 4.57 Å². The Kier molecular flexibility index (Phi) is 7.54. The highest BCUT2D eigenvalue weighted by Gasteiger charge is 2.35. The highest BCUT2D eigenvalue weighted by atomic mass is 15.0. The van der Waals surface area contributed by atoms with Crippen molar-refractivity contribution in [2.24, 2.45) is 0 Å². The number of rotatable bonds is 4. The van der Waals surface area contributed by atoms with E-state index in [1.54, 1.807) is 0 Å². The molecular weight excluding hydrogens is 675 g/mol. The van der Waals surface area contributed by atoms with Crippen LogP contribution in [0.15, 0.2) is 176 Å². The van der Waals surface area contributed by atoms with Crippen molar-refractivity contribution in [2.45, 2.75) is 44.4 Å². The van der Waals surface area contributed by atoms with E-state index >= 15 is 0 Å². The van der Waals surface area contributed by atoms with E-state index in [-0.39, 0.29) is 5.41 Å². The first-order valence-corrected chi connectivity index (χ1v) is 20.2. The van der Waals surface area contributed by atoms with Crippen molar-refractivity contribution < 1.29 is 0 Å². The summed E-state index contributed by atoms with van der Waals surface area (Å²) in [6, 6.07) is 63.7. The number of benzene rings is 8. The average Bonchev–Trinajstić information content (AvgIpc) is 3.69. The van der Waals surface area contributed by atoms with Crippen molar-refractivity contribution in [3.8, 4) is 39.1 Å². The molecule has 268 valence electrons. The monoisotopic (exact) mass is 717 g/mol. The Morgan fingerprint density at radius 3 is 2.04 bits per heavy atom. The van der Waals surface area contributed by atoms with Crippen molar-refractivity contribution in [1.29, 1.82) is 0 Å². The normalized spacial score (nSPS) is 16.3. The van der Waals surface area contributed by atoms with E-state index in [4.69, 9.17) is 0 Å². The van der Waals surface area contributed by atoms with E-state index in [2.05, 4.69) is 200 Å². The summed E-state index contributed by atoms with van der Waals surface area (Å²) < 4.78 is 2.47. The van der Waals surface area contributed by atoms with Gasteiger partial charge in [0.2, 0.25) is 0 Å². The maximum absolute atomic E-state index is 2.47. The molecule has 0 saturated carbocycles. The Bertz CT molecular complexity index is 3010. The maximum Gasteiger partial charge on any atom is 0.0541 e. The Morgan fingerprint density at radius 1 is 0.500 bits per heavy atom. The molecule has 0 amide bonds. The minimum atomic E-state index is -0.0548. The fourth-order valence-corrected chi connectivity index (χ4v) is 10.0. The smallest absolute Gasteiger partial charge is 0.0541 e. The number of hydrogen-bond acceptors (Lipinski definition) is 0. The molecule has 0 bridgehead atoms. The first-order chi connectivity index (χ1) is 27.5. The SMILES string of the molecule is CC1(C)c2ccccc2-c2ccc(-n3c4ccccc4c4cc(-c5cc6c(c7ccccc57)CC(c5ccc(-c7ccccc7)cc5)CC/C=C\6)ccc43)cc21. The number of nitrogens with zero attached hydrogens (tertiary/aromatic N) is 1. The summed E-state index contributed by atoms with van der Waals surface area (Å²) in [6.07, 6.45) is 8.03. The van der Waals surface area contributed by atoms with E-state index in [9.17, 15) is 0 Å². The largest absolute Gasteiger partial charge is 0.309 e. The zero-order chi connectivity index (χ0) is 37.4. The molecule has 1 heterocycles. The molecule has 0 fully saturated rings. The second kappa shape index (κ2) is 12.8. The molecule has 0 N–H and O–H groups in total. The topological polar surface area (TPSA) is 4.93 Å². The molecule has 1 nitrogen and oxygen atoms in total. The van der Waals surface area contributed by atoms with E-state index in [0.717, 1.165) is 19.3 Å². The van der Waals surface area contributed by atoms with Gasteiger partial charge in [0.1, 0.15) is 0 Å². The summed E-state index contributed by atoms with van der Waals surface area (Å²) in [5.41, 5.74) is 18.5. The van der Waals surface area contributed by atoms with Gasteiger partial charge in [0.15, 0.2) is 0 Å². The van der Waals surface area contributed by atoms with Gasteiger partial charge >= 0.3 is 0 Å². The number of para-hydroxylation sites is 1. The quantitative estimate of drug-likeness (QED) is 0.171. The van der Waals surface area contributed by atoms with Gasteiger partial charge in [-0.2, -0.15) is 0 Å². The van der Waals surface area contributed by atoms with Crippen LogP contribution in [0.3, 0.4) is 0 Å². The predicted octanol–water partition coefficient (Wildman–Crippen LogP) is 14.7. The van der Waals surface area contributed by atoms with Crippen LogP contribution < -0.4 is 0 Å². The van der Waals surface area contributed by atoms with Gasteiger partial charge in [0.05, 0.1) is 11.0 Å². The van der Waals surface area contributed by atoms with Crippen LogP contribution in [-0.2, 0) is 11.8 Å². The molecule has 0 saturated heterocycles. The molecule has 1 unspecified atom stereocenters. The Labute approximate surface area is 329 Å². The summed E-state index contributed by atoms with van der Waals surface area (Å²) in [7, 11) is 0. The van der Waals surface area contributed by atoms with E-state index in [1.807, 2.05) is 0 Å². The zero-order valence-electron chi connectivity index (χ0n) is 32.0. The number of aromatic nitrogens is 1. The number of fused-ring (bicyclic) bond motifs is 9. The third-order valence-electron chi connectivity index (χ3n) is 12.9. The Morgan fingerprint density at radius 2 is 1.18 bits per heavy atom. The second-order valence-electron chi connectivity index (χ2n) is 16.4. The van der Waals surface area contributed by atoms with Crippen LogP contribution in [0.2, 0.25) is 0 Å². The fourth-order valence-electron chi connectivity index (χ4n) is 10.0. The Balaban J connectivity index is 1.02. The lowest BCUT2D eigenvalue weighted by atomic mass is 9.81. The van der Waals surface area contributed by atoms with Gasteiger partial charge in [-0.25, -0.2) is 0 Å². The first kappa shape index (κ1) is 32.9. The van der Waals surface area contributed by atoms with Gasteiger partial charge < -0.3 is 4.57 Å². The Hall–Kier alpha value is -6.44. The van der Waals surface area contributed by atoms with Crippen LogP contribution in [0, 0.1) is 0 Å². The number of hydrogen-bond donors (Lipinski definition) is 0. The summed E-state index contributed by atoms with van der Waals surface area (Å²) in [5.74, 6) is 0.458. The third kappa shape index (κ3) is 5.15. The molecule has 1 heteroatoms. The van der Waals surface area contributed by atoms with E-state index < -0.39 is 0 Å². The second-order valence-corrected chi connectivity index (χ2v) is 16.4. The number of allylic oxidation sites excluding steroid dienone is 1. The molecule has 0 aliphatic heterocycles. The van der Waals surface area contributed by atoms with Crippen molar-refractivity contribution >= 4 is 38.7 Å². The molecule has 1 atom stereocenters. The van der Waals surface area contributed by atoms with Crippen LogP contribution >= 0.6 is 0 Å². The van der Waals surface area contributed by atoms with Gasteiger partial charge in [0, 0.05) is 21.9 Å². The van der Waals surface area contributed by atoms with Gasteiger partial charge in [-0.05, 0) is 134 Å². The van der Waals surface area contributed by atoms with Gasteiger partial charge in [-0.15, -0.1) is 0 Å². The average molecular weight is 718 g/mol. The highest BCUT2D eigenvalue weighted by molar-refractivity contribution is 6.12. The standard InChI is InChI=1S/C55H43N/c1-55(2)51-22-12-10-20-45(51)46-30-29-42(35-52(46)55)56-53-23-13-11-21-47(53)50-34-41(28-31-54(50)56)49-33-40-17-7-6-16-39(32-48(40)43-18-8-9-19-44(43)49)38-26-24-37(25-27-38)36-14-4-3-5-15-36/h3-5,7-15,17-31,33-35,39H,6,16,32H2,1-2H3/b17-7-. The summed E-state index contributed by atoms with van der Waals surface area (Å²) in [6.45, 7) is 4.73. The van der Waals surface area contributed by atoms with Crippen LogP contribution in [0.4, 0.5) is 0 Å². The van der Waals surface area contributed by atoms with Crippen LogP contribution in [-0.4, -0.2) is 4.57 Å². The van der Waals surface area contributed by atoms with Crippen LogP contribution in [0.1, 0.15) is 60.4 Å². The molecule has 0 spiro atoms. The van der Waals surface area contributed by atoms with Gasteiger partial charge in [0.25, 0.3) is 0 Å². The molecular formula is C55H43N. The molecule has 56 heavy (non-hydrogen) atoms.